The van der Waals surface area contributed by atoms with Crippen LogP contribution in [0.25, 0.3) is 0 Å². The standard InChI is InChI=1S/C22H21ClN2O/c1-3-16-9-5-7-11-21(16)24-17-12-13-19(20(23)14-17)22(25-26)18-10-6-4-8-15(18)2/h4-14,24,26H,3H2,1-2H3. The number of para-hydroxylation sites is 1. The number of nitrogens with zero attached hydrogens (tertiary/aromatic N) is 1. The van der Waals surface area contributed by atoms with Gasteiger partial charge in [0.15, 0.2) is 0 Å². The van der Waals surface area contributed by atoms with Gasteiger partial charge in [0, 0.05) is 22.5 Å². The van der Waals surface area contributed by atoms with Crippen LogP contribution in [-0.4, -0.2) is 10.9 Å². The van der Waals surface area contributed by atoms with Crippen LogP contribution in [0.5, 0.6) is 0 Å². The second-order valence-corrected chi connectivity index (χ2v) is 6.50. The highest BCUT2D eigenvalue weighted by Gasteiger charge is 2.14. The van der Waals surface area contributed by atoms with Crippen molar-refractivity contribution in [3.05, 3.63) is 94.0 Å². The van der Waals surface area contributed by atoms with E-state index in [0.717, 1.165) is 28.9 Å². The quantitative estimate of drug-likeness (QED) is 0.322. The summed E-state index contributed by atoms with van der Waals surface area (Å²) >= 11 is 6.51. The van der Waals surface area contributed by atoms with Gasteiger partial charge in [0.25, 0.3) is 0 Å². The molecule has 2 N–H and O–H groups in total. The molecule has 26 heavy (non-hydrogen) atoms. The minimum atomic E-state index is 0.466. The van der Waals surface area contributed by atoms with Crippen LogP contribution in [0.15, 0.2) is 71.9 Å². The SMILES string of the molecule is CCc1ccccc1Nc1ccc(C(=NO)c2ccccc2C)c(Cl)c1. The van der Waals surface area contributed by atoms with Crippen molar-refractivity contribution in [2.24, 2.45) is 5.16 Å². The predicted molar refractivity (Wildman–Crippen MR) is 109 cm³/mol. The molecule has 0 saturated carbocycles. The third kappa shape index (κ3) is 3.73. The largest absolute Gasteiger partial charge is 0.410 e. The summed E-state index contributed by atoms with van der Waals surface area (Å²) in [7, 11) is 0. The summed E-state index contributed by atoms with van der Waals surface area (Å²) in [6.45, 7) is 4.11. The summed E-state index contributed by atoms with van der Waals surface area (Å²) < 4.78 is 0. The van der Waals surface area contributed by atoms with E-state index in [2.05, 4.69) is 29.5 Å². The first-order valence-corrected chi connectivity index (χ1v) is 8.94. The molecule has 0 aliphatic carbocycles. The van der Waals surface area contributed by atoms with Gasteiger partial charge < -0.3 is 10.5 Å². The van der Waals surface area contributed by atoms with Crippen LogP contribution in [0.2, 0.25) is 5.02 Å². The molecule has 0 bridgehead atoms. The number of benzene rings is 3. The van der Waals surface area contributed by atoms with Crippen molar-refractivity contribution in [2.45, 2.75) is 20.3 Å². The summed E-state index contributed by atoms with van der Waals surface area (Å²) in [5, 5.41) is 17.0. The second kappa shape index (κ2) is 8.07. The molecule has 132 valence electrons. The molecule has 0 aliphatic rings. The first kappa shape index (κ1) is 18.0. The van der Waals surface area contributed by atoms with E-state index in [9.17, 15) is 5.21 Å². The Hall–Kier alpha value is -2.78. The minimum absolute atomic E-state index is 0.466. The van der Waals surface area contributed by atoms with Gasteiger partial charge in [-0.3, -0.25) is 0 Å². The van der Waals surface area contributed by atoms with Gasteiger partial charge in [-0.15, -0.1) is 0 Å². The number of hydrogen-bond acceptors (Lipinski definition) is 3. The number of aryl methyl sites for hydroxylation is 2. The molecule has 0 saturated heterocycles. The van der Waals surface area contributed by atoms with Gasteiger partial charge in [0.05, 0.1) is 5.02 Å². The third-order valence-electron chi connectivity index (χ3n) is 4.40. The Labute approximate surface area is 159 Å². The van der Waals surface area contributed by atoms with E-state index in [4.69, 9.17) is 11.6 Å². The number of halogens is 1. The molecule has 4 heteroatoms. The van der Waals surface area contributed by atoms with E-state index in [1.54, 1.807) is 0 Å². The second-order valence-electron chi connectivity index (χ2n) is 6.09. The van der Waals surface area contributed by atoms with E-state index >= 15 is 0 Å². The lowest BCUT2D eigenvalue weighted by atomic mass is 9.98. The lowest BCUT2D eigenvalue weighted by Gasteiger charge is -2.14. The van der Waals surface area contributed by atoms with E-state index < -0.39 is 0 Å². The van der Waals surface area contributed by atoms with Gasteiger partial charge in [0.1, 0.15) is 5.71 Å². The summed E-state index contributed by atoms with van der Waals surface area (Å²) in [5.74, 6) is 0. The number of nitrogens with one attached hydrogen (secondary N) is 1. The maximum Gasteiger partial charge on any atom is 0.118 e. The van der Waals surface area contributed by atoms with Gasteiger partial charge in [-0.2, -0.15) is 0 Å². The summed E-state index contributed by atoms with van der Waals surface area (Å²) in [6, 6.07) is 21.6. The smallest absolute Gasteiger partial charge is 0.118 e. The molecule has 0 unspecified atom stereocenters. The highest BCUT2D eigenvalue weighted by molar-refractivity contribution is 6.35. The average molecular weight is 365 g/mol. The van der Waals surface area contributed by atoms with Crippen molar-refractivity contribution in [2.75, 3.05) is 5.32 Å². The Morgan fingerprint density at radius 1 is 1.00 bits per heavy atom. The minimum Gasteiger partial charge on any atom is -0.410 e. The maximum atomic E-state index is 9.57. The summed E-state index contributed by atoms with van der Waals surface area (Å²) in [4.78, 5) is 0. The highest BCUT2D eigenvalue weighted by atomic mass is 35.5. The van der Waals surface area contributed by atoms with E-state index in [1.165, 1.54) is 5.56 Å². The van der Waals surface area contributed by atoms with Crippen molar-refractivity contribution < 1.29 is 5.21 Å². The molecule has 3 nitrogen and oxygen atoms in total. The molecule has 0 fully saturated rings. The van der Waals surface area contributed by atoms with Gasteiger partial charge in [-0.05, 0) is 48.7 Å². The van der Waals surface area contributed by atoms with Gasteiger partial charge in [-0.1, -0.05) is 66.1 Å². The van der Waals surface area contributed by atoms with Crippen LogP contribution in [0, 0.1) is 6.92 Å². The van der Waals surface area contributed by atoms with Crippen LogP contribution in [0.3, 0.4) is 0 Å². The monoisotopic (exact) mass is 364 g/mol. The van der Waals surface area contributed by atoms with Gasteiger partial charge in [0.2, 0.25) is 0 Å². The summed E-state index contributed by atoms with van der Waals surface area (Å²) in [5.41, 5.74) is 6.23. The van der Waals surface area contributed by atoms with E-state index in [-0.39, 0.29) is 0 Å². The first-order chi connectivity index (χ1) is 12.6. The molecule has 0 aliphatic heterocycles. The van der Waals surface area contributed by atoms with Crippen LogP contribution < -0.4 is 5.32 Å². The van der Waals surface area contributed by atoms with Gasteiger partial charge >= 0.3 is 0 Å². The molecule has 3 aromatic carbocycles. The fraction of sp³-hybridized carbons (Fsp3) is 0.136. The topological polar surface area (TPSA) is 44.6 Å². The van der Waals surface area contributed by atoms with Crippen molar-refractivity contribution in [3.8, 4) is 0 Å². The predicted octanol–water partition coefficient (Wildman–Crippen LogP) is 6.18. The zero-order valence-electron chi connectivity index (χ0n) is 14.8. The molecular weight excluding hydrogens is 344 g/mol. The molecule has 3 rings (SSSR count). The zero-order chi connectivity index (χ0) is 18.5. The van der Waals surface area contributed by atoms with Crippen LogP contribution in [0.4, 0.5) is 11.4 Å². The molecular formula is C22H21ClN2O. The van der Waals surface area contributed by atoms with Gasteiger partial charge in [-0.25, -0.2) is 0 Å². The van der Waals surface area contributed by atoms with E-state index in [1.807, 2.05) is 61.5 Å². The molecule has 3 aromatic rings. The third-order valence-corrected chi connectivity index (χ3v) is 4.71. The molecule has 0 spiro atoms. The molecule has 0 heterocycles. The number of rotatable bonds is 5. The first-order valence-electron chi connectivity index (χ1n) is 8.57. The Balaban J connectivity index is 1.94. The lowest BCUT2D eigenvalue weighted by Crippen LogP contribution is -2.06. The fourth-order valence-corrected chi connectivity index (χ4v) is 3.25. The van der Waals surface area contributed by atoms with Crippen LogP contribution in [-0.2, 0) is 6.42 Å². The maximum absolute atomic E-state index is 9.57. The normalized spacial score (nSPS) is 11.4. The number of anilines is 2. The molecule has 0 radical (unpaired) electrons. The Kier molecular flexibility index (Phi) is 5.59. The van der Waals surface area contributed by atoms with Crippen molar-refractivity contribution in [1.29, 1.82) is 0 Å². The summed E-state index contributed by atoms with van der Waals surface area (Å²) in [6.07, 6.45) is 0.948. The zero-order valence-corrected chi connectivity index (χ0v) is 15.6. The Morgan fingerprint density at radius 3 is 2.42 bits per heavy atom. The molecule has 0 aromatic heterocycles. The Morgan fingerprint density at radius 2 is 1.73 bits per heavy atom. The van der Waals surface area contributed by atoms with Crippen molar-refractivity contribution in [3.63, 3.8) is 0 Å². The lowest BCUT2D eigenvalue weighted by molar-refractivity contribution is 0.319. The Bertz CT molecular complexity index is 950. The fourth-order valence-electron chi connectivity index (χ4n) is 2.98. The highest BCUT2D eigenvalue weighted by Crippen LogP contribution is 2.28. The molecule has 0 atom stereocenters. The average Bonchev–Trinajstić information content (AvgIpc) is 2.66. The van der Waals surface area contributed by atoms with E-state index in [0.29, 0.717) is 16.3 Å². The number of hydrogen-bond donors (Lipinski definition) is 2. The molecule has 0 amide bonds. The number of oxime groups is 1. The van der Waals surface area contributed by atoms with Crippen molar-refractivity contribution in [1.82, 2.24) is 0 Å². The van der Waals surface area contributed by atoms with Crippen molar-refractivity contribution >= 4 is 28.7 Å². The van der Waals surface area contributed by atoms with Crippen LogP contribution >= 0.6 is 11.6 Å². The van der Waals surface area contributed by atoms with Crippen LogP contribution in [0.1, 0.15) is 29.2 Å².